The zero-order valence-corrected chi connectivity index (χ0v) is 15.7. The largest absolute Gasteiger partial charge is 0.618 e. The Kier molecular flexibility index (Phi) is 5.60. The molecule has 3 aromatic rings. The molecule has 0 N–H and O–H groups in total. The molecule has 0 aliphatic rings. The highest BCUT2D eigenvalue weighted by Crippen LogP contribution is 2.32. The molecule has 1 unspecified atom stereocenters. The van der Waals surface area contributed by atoms with Crippen LogP contribution >= 0.6 is 0 Å². The lowest BCUT2D eigenvalue weighted by Gasteiger charge is -2.16. The second-order valence-corrected chi connectivity index (χ2v) is 7.78. The summed E-state index contributed by atoms with van der Waals surface area (Å²) in [6.45, 7) is 0. The van der Waals surface area contributed by atoms with Crippen LogP contribution in [0.4, 0.5) is 0 Å². The molecule has 0 amide bonds. The van der Waals surface area contributed by atoms with Crippen LogP contribution in [0.1, 0.15) is 10.8 Å². The van der Waals surface area contributed by atoms with Crippen molar-refractivity contribution in [3.05, 3.63) is 89.8 Å². The van der Waals surface area contributed by atoms with Crippen molar-refractivity contribution in [3.63, 3.8) is 0 Å². The Balaban J connectivity index is 2.05. The molecule has 0 radical (unpaired) electrons. The van der Waals surface area contributed by atoms with Crippen molar-refractivity contribution in [1.29, 1.82) is 0 Å². The molecule has 1 aromatic heterocycles. The van der Waals surface area contributed by atoms with E-state index in [9.17, 15) is 18.4 Å². The second kappa shape index (κ2) is 8.10. The number of carbonyl (C=O) groups excluding carboxylic acids is 1. The number of benzene rings is 2. The fourth-order valence-electron chi connectivity index (χ4n) is 2.67. The summed E-state index contributed by atoms with van der Waals surface area (Å²) in [4.78, 5) is 12.4. The molecule has 0 aliphatic carbocycles. The SMILES string of the molecule is COC(=O)C(c1cccc(Oc2ccccc2)c1)S(=O)(=O)c1cccc[n+]1[O-]. The summed E-state index contributed by atoms with van der Waals surface area (Å²) in [7, 11) is -3.28. The quantitative estimate of drug-likeness (QED) is 0.359. The fourth-order valence-corrected chi connectivity index (χ4v) is 4.34. The third kappa shape index (κ3) is 3.96. The summed E-state index contributed by atoms with van der Waals surface area (Å²) >= 11 is 0. The molecule has 0 bridgehead atoms. The lowest BCUT2D eigenvalue weighted by molar-refractivity contribution is -0.646. The van der Waals surface area contributed by atoms with Crippen LogP contribution in [0.2, 0.25) is 0 Å². The van der Waals surface area contributed by atoms with Crippen LogP contribution < -0.4 is 9.47 Å². The van der Waals surface area contributed by atoms with Gasteiger partial charge in [0.2, 0.25) is 0 Å². The minimum atomic E-state index is -4.37. The summed E-state index contributed by atoms with van der Waals surface area (Å²) in [6.07, 6.45) is 1.05. The normalized spacial score (nSPS) is 12.2. The molecule has 7 nitrogen and oxygen atoms in total. The third-order valence-corrected chi connectivity index (χ3v) is 5.93. The number of hydrogen-bond donors (Lipinski definition) is 0. The van der Waals surface area contributed by atoms with Gasteiger partial charge in [-0.05, 0) is 35.9 Å². The van der Waals surface area contributed by atoms with Gasteiger partial charge in [-0.1, -0.05) is 30.3 Å². The molecule has 0 spiro atoms. The molecule has 0 saturated heterocycles. The topological polar surface area (TPSA) is 96.6 Å². The van der Waals surface area contributed by atoms with E-state index in [1.807, 2.05) is 6.07 Å². The van der Waals surface area contributed by atoms with Crippen LogP contribution in [0, 0.1) is 5.21 Å². The number of carbonyl (C=O) groups is 1. The van der Waals surface area contributed by atoms with Crippen molar-refractivity contribution < 1.29 is 27.4 Å². The van der Waals surface area contributed by atoms with Crippen LogP contribution in [-0.2, 0) is 19.4 Å². The smallest absolute Gasteiger partial charge is 0.329 e. The van der Waals surface area contributed by atoms with Crippen molar-refractivity contribution >= 4 is 15.8 Å². The van der Waals surface area contributed by atoms with Crippen molar-refractivity contribution in [2.75, 3.05) is 7.11 Å². The summed E-state index contributed by atoms with van der Waals surface area (Å²) in [6, 6.07) is 19.0. The van der Waals surface area contributed by atoms with Gasteiger partial charge in [0, 0.05) is 12.1 Å². The van der Waals surface area contributed by atoms with E-state index >= 15 is 0 Å². The van der Waals surface area contributed by atoms with E-state index in [1.54, 1.807) is 36.4 Å². The summed E-state index contributed by atoms with van der Waals surface area (Å²) < 4.78 is 36.7. The number of hydrogen-bond acceptors (Lipinski definition) is 6. The molecule has 144 valence electrons. The van der Waals surface area contributed by atoms with E-state index in [2.05, 4.69) is 0 Å². The zero-order chi connectivity index (χ0) is 20.1. The van der Waals surface area contributed by atoms with Crippen LogP contribution in [0.25, 0.3) is 0 Å². The summed E-state index contributed by atoms with van der Waals surface area (Å²) in [5, 5.41) is 9.73. The minimum absolute atomic E-state index is 0.129. The van der Waals surface area contributed by atoms with Crippen LogP contribution in [0.3, 0.4) is 0 Å². The number of pyridine rings is 1. The Morgan fingerprint density at radius 3 is 2.32 bits per heavy atom. The van der Waals surface area contributed by atoms with Crippen molar-refractivity contribution in [2.24, 2.45) is 0 Å². The first-order chi connectivity index (χ1) is 13.4. The van der Waals surface area contributed by atoms with Crippen molar-refractivity contribution in [2.45, 2.75) is 10.3 Å². The number of esters is 1. The fraction of sp³-hybridized carbons (Fsp3) is 0.100. The molecular weight excluding hydrogens is 382 g/mol. The standard InChI is InChI=1S/C20H17NO6S/c1-26-20(22)19(28(24,25)18-12-5-6-13-21(18)23)15-8-7-11-17(14-15)27-16-9-3-2-4-10-16/h2-14,19H,1H3. The Labute approximate surface area is 162 Å². The maximum absolute atomic E-state index is 13.1. The molecule has 0 aliphatic heterocycles. The molecule has 0 fully saturated rings. The van der Waals surface area contributed by atoms with Gasteiger partial charge in [-0.25, -0.2) is 8.42 Å². The Bertz CT molecular complexity index is 1080. The van der Waals surface area contributed by atoms with E-state index in [-0.39, 0.29) is 10.3 Å². The number of ether oxygens (including phenoxy) is 2. The van der Waals surface area contributed by atoms with Crippen molar-refractivity contribution in [1.82, 2.24) is 0 Å². The van der Waals surface area contributed by atoms with Crippen molar-refractivity contribution in [3.8, 4) is 11.5 Å². The van der Waals surface area contributed by atoms with Gasteiger partial charge in [0.15, 0.2) is 11.4 Å². The van der Waals surface area contributed by atoms with Gasteiger partial charge in [-0.3, -0.25) is 4.79 Å². The molecule has 2 aromatic carbocycles. The van der Waals surface area contributed by atoms with E-state index in [0.29, 0.717) is 11.5 Å². The Hall–Kier alpha value is -3.39. The third-order valence-electron chi connectivity index (χ3n) is 3.95. The van der Waals surface area contributed by atoms with Gasteiger partial charge in [0.25, 0.3) is 9.84 Å². The van der Waals surface area contributed by atoms with Gasteiger partial charge in [-0.15, -0.1) is 0 Å². The minimum Gasteiger partial charge on any atom is -0.618 e. The Morgan fingerprint density at radius 2 is 1.64 bits per heavy atom. The number of rotatable bonds is 6. The van der Waals surface area contributed by atoms with E-state index in [1.165, 1.54) is 24.3 Å². The van der Waals surface area contributed by atoms with Crippen LogP contribution in [-0.4, -0.2) is 21.5 Å². The first kappa shape index (κ1) is 19.4. The number of methoxy groups -OCH3 is 1. The lowest BCUT2D eigenvalue weighted by atomic mass is 10.1. The molecule has 28 heavy (non-hydrogen) atoms. The van der Waals surface area contributed by atoms with Crippen LogP contribution in [0.15, 0.2) is 84.0 Å². The second-order valence-electron chi connectivity index (χ2n) is 5.80. The van der Waals surface area contributed by atoms with E-state index < -0.39 is 26.1 Å². The molecule has 1 heterocycles. The Morgan fingerprint density at radius 1 is 0.964 bits per heavy atom. The summed E-state index contributed by atoms with van der Waals surface area (Å²) in [5.41, 5.74) is 0.129. The number of para-hydroxylation sites is 1. The average Bonchev–Trinajstić information content (AvgIpc) is 2.69. The van der Waals surface area contributed by atoms with Gasteiger partial charge in [0.1, 0.15) is 11.5 Å². The predicted molar refractivity (Wildman–Crippen MR) is 100 cm³/mol. The highest BCUT2D eigenvalue weighted by molar-refractivity contribution is 7.92. The van der Waals surface area contributed by atoms with Gasteiger partial charge in [-0.2, -0.15) is 4.73 Å². The monoisotopic (exact) mass is 399 g/mol. The number of sulfone groups is 1. The van der Waals surface area contributed by atoms with Crippen LogP contribution in [0.5, 0.6) is 11.5 Å². The maximum Gasteiger partial charge on any atom is 0.329 e. The highest BCUT2D eigenvalue weighted by atomic mass is 32.2. The molecule has 1 atom stereocenters. The first-order valence-electron chi connectivity index (χ1n) is 8.26. The predicted octanol–water partition coefficient (Wildman–Crippen LogP) is 2.80. The van der Waals surface area contributed by atoms with E-state index in [0.717, 1.165) is 19.4 Å². The zero-order valence-electron chi connectivity index (χ0n) is 14.9. The first-order valence-corrected chi connectivity index (χ1v) is 9.81. The molecule has 8 heteroatoms. The number of aromatic nitrogens is 1. The number of nitrogens with zero attached hydrogens (tertiary/aromatic N) is 1. The van der Waals surface area contributed by atoms with E-state index in [4.69, 9.17) is 9.47 Å². The average molecular weight is 399 g/mol. The molecule has 3 rings (SSSR count). The molecule has 0 saturated carbocycles. The molecular formula is C20H17NO6S. The van der Waals surface area contributed by atoms with Gasteiger partial charge in [0.05, 0.1) is 7.11 Å². The summed E-state index contributed by atoms with van der Waals surface area (Å²) in [5.74, 6) is -0.103. The maximum atomic E-state index is 13.1. The highest BCUT2D eigenvalue weighted by Gasteiger charge is 2.41. The van der Waals surface area contributed by atoms with Gasteiger partial charge >= 0.3 is 11.0 Å². The lowest BCUT2D eigenvalue weighted by Crippen LogP contribution is -2.37. The van der Waals surface area contributed by atoms with Gasteiger partial charge < -0.3 is 14.7 Å².